The molecule has 0 radical (unpaired) electrons. The van der Waals surface area contributed by atoms with Crippen LogP contribution in [0, 0.1) is 0 Å². The second-order valence-corrected chi connectivity index (χ2v) is 6.25. The third-order valence-electron chi connectivity index (χ3n) is 2.92. The minimum Gasteiger partial charge on any atom is -0.443 e. The fourth-order valence-electron chi connectivity index (χ4n) is 2.03. The summed E-state index contributed by atoms with van der Waals surface area (Å²) in [6.07, 6.45) is 2.19. The number of rotatable bonds is 1. The first-order valence-corrected chi connectivity index (χ1v) is 6.90. The van der Waals surface area contributed by atoms with Crippen LogP contribution in [-0.4, -0.2) is 23.1 Å². The quantitative estimate of drug-likeness (QED) is 0.799. The number of nitrogens with two attached hydrogens (primary N) is 1. The highest BCUT2D eigenvalue weighted by Gasteiger charge is 2.25. The molecule has 0 spiro atoms. The Morgan fingerprint density at radius 1 is 1.40 bits per heavy atom. The molecule has 1 aromatic rings. The predicted octanol–water partition coefficient (Wildman–Crippen LogP) is 3.90. The second-order valence-electron chi connectivity index (χ2n) is 5.81. The van der Waals surface area contributed by atoms with Crippen LogP contribution < -0.4 is 5.73 Å². The Morgan fingerprint density at radius 2 is 2.10 bits per heavy atom. The number of nitrogen functional groups attached to an aromatic ring is 1. The van der Waals surface area contributed by atoms with Crippen molar-refractivity contribution in [3.8, 4) is 0 Å². The molecule has 0 fully saturated rings. The molecule has 1 aliphatic heterocycles. The number of halogens is 1. The fraction of sp³-hybridized carbons (Fsp3) is 0.400. The molecule has 0 saturated heterocycles. The molecular weight excluding hydrogens is 276 g/mol. The van der Waals surface area contributed by atoms with Crippen molar-refractivity contribution in [2.24, 2.45) is 0 Å². The lowest BCUT2D eigenvalue weighted by atomic mass is 10.0. The zero-order chi connectivity index (χ0) is 14.9. The van der Waals surface area contributed by atoms with E-state index in [0.29, 0.717) is 17.3 Å². The number of carbonyl (C=O) groups is 1. The van der Waals surface area contributed by atoms with Gasteiger partial charge in [-0.1, -0.05) is 11.6 Å². The van der Waals surface area contributed by atoms with E-state index in [-0.39, 0.29) is 6.09 Å². The number of ether oxygens (including phenoxy) is 1. The van der Waals surface area contributed by atoms with Gasteiger partial charge in [-0.2, -0.15) is 0 Å². The van der Waals surface area contributed by atoms with Gasteiger partial charge >= 0.3 is 6.09 Å². The Balaban J connectivity index is 2.18. The second kappa shape index (κ2) is 5.37. The molecule has 0 saturated carbocycles. The minimum absolute atomic E-state index is 0.340. The molecule has 0 bridgehead atoms. The zero-order valence-corrected chi connectivity index (χ0v) is 12.7. The Kier molecular flexibility index (Phi) is 3.95. The van der Waals surface area contributed by atoms with Crippen LogP contribution in [0.5, 0.6) is 0 Å². The van der Waals surface area contributed by atoms with Crippen molar-refractivity contribution in [3.63, 3.8) is 0 Å². The van der Waals surface area contributed by atoms with Crippen LogP contribution in [-0.2, 0) is 4.74 Å². The van der Waals surface area contributed by atoms with Crippen LogP contribution in [0.4, 0.5) is 10.5 Å². The van der Waals surface area contributed by atoms with Crippen LogP contribution in [0.2, 0.25) is 5.02 Å². The Labute approximate surface area is 124 Å². The first kappa shape index (κ1) is 14.7. The summed E-state index contributed by atoms with van der Waals surface area (Å²) in [6, 6.07) is 5.34. The van der Waals surface area contributed by atoms with Crippen molar-refractivity contribution in [2.75, 3.05) is 12.3 Å². The summed E-state index contributed by atoms with van der Waals surface area (Å²) in [5.41, 5.74) is 7.99. The SMILES string of the molecule is CC(C)(C)OC(=O)N1C=C(c2cc(Cl)ccc2N)CC1. The van der Waals surface area contributed by atoms with E-state index in [1.807, 2.05) is 26.8 Å². The molecule has 5 heteroatoms. The third kappa shape index (κ3) is 3.45. The number of anilines is 1. The van der Waals surface area contributed by atoms with Crippen LogP contribution in [0.25, 0.3) is 5.57 Å². The summed E-state index contributed by atoms with van der Waals surface area (Å²) in [5.74, 6) is 0. The van der Waals surface area contributed by atoms with E-state index in [4.69, 9.17) is 22.1 Å². The molecule has 2 N–H and O–H groups in total. The number of amides is 1. The maximum absolute atomic E-state index is 12.0. The van der Waals surface area contributed by atoms with E-state index in [2.05, 4.69) is 0 Å². The predicted molar refractivity (Wildman–Crippen MR) is 81.4 cm³/mol. The van der Waals surface area contributed by atoms with Crippen LogP contribution in [0.15, 0.2) is 24.4 Å². The molecule has 1 aliphatic rings. The average molecular weight is 295 g/mol. The number of carbonyl (C=O) groups excluding carboxylic acids is 1. The lowest BCUT2D eigenvalue weighted by Crippen LogP contribution is -2.32. The fourth-order valence-corrected chi connectivity index (χ4v) is 2.21. The summed E-state index contributed by atoms with van der Waals surface area (Å²) in [5, 5.41) is 0.630. The van der Waals surface area contributed by atoms with E-state index >= 15 is 0 Å². The summed E-state index contributed by atoms with van der Waals surface area (Å²) in [4.78, 5) is 13.6. The maximum Gasteiger partial charge on any atom is 0.414 e. The molecule has 4 nitrogen and oxygen atoms in total. The van der Waals surface area contributed by atoms with E-state index in [9.17, 15) is 4.79 Å². The van der Waals surface area contributed by atoms with Crippen LogP contribution >= 0.6 is 11.6 Å². The van der Waals surface area contributed by atoms with E-state index < -0.39 is 5.60 Å². The maximum atomic E-state index is 12.0. The Hall–Kier alpha value is -1.68. The first-order valence-electron chi connectivity index (χ1n) is 6.52. The average Bonchev–Trinajstić information content (AvgIpc) is 2.79. The molecule has 1 aromatic carbocycles. The highest BCUT2D eigenvalue weighted by Crippen LogP contribution is 2.31. The van der Waals surface area contributed by atoms with Gasteiger partial charge in [-0.3, -0.25) is 4.90 Å². The zero-order valence-electron chi connectivity index (χ0n) is 11.9. The summed E-state index contributed by atoms with van der Waals surface area (Å²) < 4.78 is 5.34. The van der Waals surface area contributed by atoms with Crippen molar-refractivity contribution in [1.29, 1.82) is 0 Å². The van der Waals surface area contributed by atoms with Gasteiger partial charge in [0.1, 0.15) is 5.60 Å². The molecule has 0 aliphatic carbocycles. The summed E-state index contributed by atoms with van der Waals surface area (Å²) in [6.45, 7) is 6.14. The van der Waals surface area contributed by atoms with Crippen LogP contribution in [0.1, 0.15) is 32.8 Å². The van der Waals surface area contributed by atoms with Gasteiger partial charge in [-0.05, 0) is 51.0 Å². The minimum atomic E-state index is -0.497. The number of nitrogens with zero attached hydrogens (tertiary/aromatic N) is 1. The van der Waals surface area contributed by atoms with Crippen molar-refractivity contribution in [1.82, 2.24) is 4.90 Å². The summed E-state index contributed by atoms with van der Waals surface area (Å²) in [7, 11) is 0. The number of benzene rings is 1. The highest BCUT2D eigenvalue weighted by atomic mass is 35.5. The van der Waals surface area contributed by atoms with Crippen molar-refractivity contribution in [3.05, 3.63) is 35.0 Å². The van der Waals surface area contributed by atoms with Crippen molar-refractivity contribution in [2.45, 2.75) is 32.8 Å². The van der Waals surface area contributed by atoms with Gasteiger partial charge in [0.25, 0.3) is 0 Å². The third-order valence-corrected chi connectivity index (χ3v) is 3.16. The number of hydrogen-bond acceptors (Lipinski definition) is 3. The van der Waals surface area contributed by atoms with Crippen LogP contribution in [0.3, 0.4) is 0 Å². The molecule has 1 amide bonds. The molecule has 108 valence electrons. The molecule has 0 aromatic heterocycles. The standard InChI is InChI=1S/C15H19ClN2O2/c1-15(2,3)20-14(19)18-7-6-10(9-18)12-8-11(16)4-5-13(12)17/h4-5,8-9H,6-7,17H2,1-3H3. The largest absolute Gasteiger partial charge is 0.443 e. The summed E-state index contributed by atoms with van der Waals surface area (Å²) >= 11 is 5.99. The molecule has 2 rings (SSSR count). The number of hydrogen-bond donors (Lipinski definition) is 1. The molecule has 1 heterocycles. The molecular formula is C15H19ClN2O2. The Morgan fingerprint density at radius 3 is 2.75 bits per heavy atom. The highest BCUT2D eigenvalue weighted by molar-refractivity contribution is 6.30. The lowest BCUT2D eigenvalue weighted by molar-refractivity contribution is 0.0349. The van der Waals surface area contributed by atoms with Gasteiger partial charge in [-0.15, -0.1) is 0 Å². The van der Waals surface area contributed by atoms with Gasteiger partial charge < -0.3 is 10.5 Å². The van der Waals surface area contributed by atoms with E-state index in [1.54, 1.807) is 23.2 Å². The Bertz CT molecular complexity index is 561. The van der Waals surface area contributed by atoms with Gasteiger partial charge in [0.05, 0.1) is 0 Å². The monoisotopic (exact) mass is 294 g/mol. The molecule has 0 atom stereocenters. The lowest BCUT2D eigenvalue weighted by Gasteiger charge is -2.23. The van der Waals surface area contributed by atoms with E-state index in [1.165, 1.54) is 0 Å². The first-order chi connectivity index (χ1) is 9.26. The van der Waals surface area contributed by atoms with Gasteiger partial charge in [-0.25, -0.2) is 4.79 Å². The van der Waals surface area contributed by atoms with E-state index in [0.717, 1.165) is 17.6 Å². The van der Waals surface area contributed by atoms with Crippen molar-refractivity contribution < 1.29 is 9.53 Å². The van der Waals surface area contributed by atoms with Gasteiger partial charge in [0, 0.05) is 29.0 Å². The van der Waals surface area contributed by atoms with Crippen molar-refractivity contribution >= 4 is 29.0 Å². The normalized spacial score (nSPS) is 15.2. The van der Waals surface area contributed by atoms with Gasteiger partial charge in [0.2, 0.25) is 0 Å². The smallest absolute Gasteiger partial charge is 0.414 e. The molecule has 0 unspecified atom stereocenters. The molecule has 20 heavy (non-hydrogen) atoms. The topological polar surface area (TPSA) is 55.6 Å². The van der Waals surface area contributed by atoms with Gasteiger partial charge in [0.15, 0.2) is 0 Å².